The van der Waals surface area contributed by atoms with Crippen molar-refractivity contribution in [3.8, 4) is 0 Å². The Balaban J connectivity index is 2.31. The van der Waals surface area contributed by atoms with E-state index in [9.17, 15) is 29.1 Å². The van der Waals surface area contributed by atoms with Gasteiger partial charge in [0.1, 0.15) is 18.1 Å². The summed E-state index contributed by atoms with van der Waals surface area (Å²) >= 11 is 0. The first kappa shape index (κ1) is 31.2. The number of carboxylic acids is 2. The van der Waals surface area contributed by atoms with Gasteiger partial charge in [-0.1, -0.05) is 32.0 Å². The number of hydrogen-bond acceptors (Lipinski definition) is 7. The Labute approximate surface area is 226 Å². The van der Waals surface area contributed by atoms with Crippen LogP contribution in [-0.4, -0.2) is 75.6 Å². The number of benzene rings is 1. The molecule has 4 unspecified atom stereocenters. The molecule has 0 aliphatic rings. The summed E-state index contributed by atoms with van der Waals surface area (Å²) in [5.74, 6) is -5.13. The molecule has 3 amide bonds. The fourth-order valence-corrected chi connectivity index (χ4v) is 4.09. The second-order valence-electron chi connectivity index (χ2n) is 9.74. The molecule has 4 atom stereocenters. The van der Waals surface area contributed by atoms with Crippen LogP contribution in [0, 0.1) is 5.92 Å². The molecule has 0 aliphatic heterocycles. The van der Waals surface area contributed by atoms with Crippen LogP contribution in [0.25, 0.3) is 10.9 Å². The van der Waals surface area contributed by atoms with E-state index in [0.29, 0.717) is 19.4 Å². The van der Waals surface area contributed by atoms with Gasteiger partial charge in [-0.25, -0.2) is 4.79 Å². The molecule has 0 saturated heterocycles. The Morgan fingerprint density at radius 3 is 2.18 bits per heavy atom. The molecule has 1 aromatic heterocycles. The van der Waals surface area contributed by atoms with Gasteiger partial charge >= 0.3 is 11.9 Å². The topological polar surface area (TPSA) is 230 Å². The van der Waals surface area contributed by atoms with E-state index in [1.165, 1.54) is 0 Å². The number of nitrogens with one attached hydrogen (secondary N) is 4. The number of fused-ring (bicyclic) bond motifs is 1. The first-order valence-electron chi connectivity index (χ1n) is 12.8. The van der Waals surface area contributed by atoms with E-state index in [1.807, 2.05) is 24.3 Å². The van der Waals surface area contributed by atoms with Crippen LogP contribution >= 0.6 is 0 Å². The maximum Gasteiger partial charge on any atom is 0.326 e. The number of nitrogens with two attached hydrogens (primary N) is 2. The van der Waals surface area contributed by atoms with Crippen LogP contribution < -0.4 is 27.4 Å². The minimum absolute atomic E-state index is 0.0357. The van der Waals surface area contributed by atoms with Gasteiger partial charge in [0.25, 0.3) is 0 Å². The van der Waals surface area contributed by atoms with Crippen molar-refractivity contribution in [3.05, 3.63) is 36.0 Å². The number of unbranched alkanes of at least 4 members (excludes halogenated alkanes) is 1. The van der Waals surface area contributed by atoms with E-state index in [4.69, 9.17) is 16.6 Å². The van der Waals surface area contributed by atoms with Crippen molar-refractivity contribution in [2.24, 2.45) is 17.4 Å². The van der Waals surface area contributed by atoms with Gasteiger partial charge in [-0.3, -0.25) is 19.2 Å². The molecular formula is C26H38N6O7. The summed E-state index contributed by atoms with van der Waals surface area (Å²) in [6, 6.07) is 2.52. The zero-order chi connectivity index (χ0) is 29.1. The van der Waals surface area contributed by atoms with Gasteiger partial charge in [0, 0.05) is 23.5 Å². The van der Waals surface area contributed by atoms with Crippen LogP contribution in [0.15, 0.2) is 30.5 Å². The number of carbonyl (C=O) groups is 5. The lowest BCUT2D eigenvalue weighted by Crippen LogP contribution is -2.58. The number of aromatic amines is 1. The number of amides is 3. The lowest BCUT2D eigenvalue weighted by Gasteiger charge is -2.26. The third-order valence-corrected chi connectivity index (χ3v) is 6.27. The van der Waals surface area contributed by atoms with Crippen molar-refractivity contribution < 1.29 is 34.2 Å². The molecule has 2 rings (SSSR count). The summed E-state index contributed by atoms with van der Waals surface area (Å²) in [4.78, 5) is 64.9. The summed E-state index contributed by atoms with van der Waals surface area (Å²) in [5, 5.41) is 27.0. The highest BCUT2D eigenvalue weighted by Gasteiger charge is 2.32. The first-order chi connectivity index (χ1) is 18.4. The van der Waals surface area contributed by atoms with E-state index in [-0.39, 0.29) is 12.8 Å². The van der Waals surface area contributed by atoms with Gasteiger partial charge < -0.3 is 42.6 Å². The summed E-state index contributed by atoms with van der Waals surface area (Å²) < 4.78 is 0. The molecule has 0 bridgehead atoms. The van der Waals surface area contributed by atoms with Gasteiger partial charge in [0.15, 0.2) is 0 Å². The quantitative estimate of drug-likeness (QED) is 0.131. The van der Waals surface area contributed by atoms with Crippen molar-refractivity contribution in [3.63, 3.8) is 0 Å². The monoisotopic (exact) mass is 546 g/mol. The predicted molar refractivity (Wildman–Crippen MR) is 143 cm³/mol. The molecule has 39 heavy (non-hydrogen) atoms. The van der Waals surface area contributed by atoms with Crippen LogP contribution in [0.5, 0.6) is 0 Å². The largest absolute Gasteiger partial charge is 0.481 e. The van der Waals surface area contributed by atoms with Crippen molar-refractivity contribution in [2.45, 2.75) is 70.1 Å². The highest BCUT2D eigenvalue weighted by atomic mass is 16.4. The highest BCUT2D eigenvalue weighted by Crippen LogP contribution is 2.19. The minimum atomic E-state index is -1.38. The second kappa shape index (κ2) is 14.8. The van der Waals surface area contributed by atoms with Gasteiger partial charge in [0.2, 0.25) is 17.7 Å². The number of aliphatic carboxylic acids is 2. The maximum absolute atomic E-state index is 13.4. The highest BCUT2D eigenvalue weighted by molar-refractivity contribution is 5.95. The van der Waals surface area contributed by atoms with E-state index in [1.54, 1.807) is 20.0 Å². The molecule has 2 aromatic rings. The van der Waals surface area contributed by atoms with Crippen molar-refractivity contribution in [2.75, 3.05) is 6.54 Å². The molecule has 1 aromatic carbocycles. The van der Waals surface area contributed by atoms with Gasteiger partial charge in [-0.15, -0.1) is 0 Å². The molecular weight excluding hydrogens is 508 g/mol. The van der Waals surface area contributed by atoms with Crippen LogP contribution in [0.2, 0.25) is 0 Å². The van der Waals surface area contributed by atoms with Crippen LogP contribution in [0.1, 0.15) is 45.1 Å². The second-order valence-corrected chi connectivity index (χ2v) is 9.74. The Morgan fingerprint density at radius 2 is 1.56 bits per heavy atom. The molecule has 1 heterocycles. The van der Waals surface area contributed by atoms with E-state index >= 15 is 0 Å². The number of hydrogen-bond donors (Lipinski definition) is 8. The normalized spacial score (nSPS) is 14.3. The summed E-state index contributed by atoms with van der Waals surface area (Å²) in [6.45, 7) is 3.66. The fraction of sp³-hybridized carbons (Fsp3) is 0.500. The Hall–Kier alpha value is -3.97. The van der Waals surface area contributed by atoms with E-state index < -0.39 is 66.2 Å². The zero-order valence-electron chi connectivity index (χ0n) is 22.1. The number of H-pyrrole nitrogens is 1. The fourth-order valence-electron chi connectivity index (χ4n) is 4.09. The number of rotatable bonds is 16. The first-order valence-corrected chi connectivity index (χ1v) is 12.8. The Bertz CT molecular complexity index is 1160. The van der Waals surface area contributed by atoms with Crippen LogP contribution in [-0.2, 0) is 30.4 Å². The maximum atomic E-state index is 13.4. The average molecular weight is 547 g/mol. The lowest BCUT2D eigenvalue weighted by atomic mass is 10.0. The molecule has 13 heteroatoms. The third kappa shape index (κ3) is 9.37. The summed E-state index contributed by atoms with van der Waals surface area (Å²) in [5.41, 5.74) is 12.8. The summed E-state index contributed by atoms with van der Waals surface area (Å²) in [6.07, 6.45) is 2.32. The van der Waals surface area contributed by atoms with Crippen molar-refractivity contribution in [1.82, 2.24) is 20.9 Å². The van der Waals surface area contributed by atoms with Gasteiger partial charge in [-0.2, -0.15) is 0 Å². The van der Waals surface area contributed by atoms with Crippen LogP contribution in [0.4, 0.5) is 0 Å². The van der Waals surface area contributed by atoms with E-state index in [0.717, 1.165) is 16.5 Å². The molecule has 10 N–H and O–H groups in total. The molecule has 0 spiro atoms. The lowest BCUT2D eigenvalue weighted by molar-refractivity contribution is -0.143. The number of carbonyl (C=O) groups excluding carboxylic acids is 3. The van der Waals surface area contributed by atoms with Crippen molar-refractivity contribution in [1.29, 1.82) is 0 Å². The zero-order valence-corrected chi connectivity index (χ0v) is 22.1. The number of para-hydroxylation sites is 1. The van der Waals surface area contributed by atoms with Crippen molar-refractivity contribution >= 4 is 40.6 Å². The minimum Gasteiger partial charge on any atom is -0.481 e. The number of aromatic nitrogens is 1. The molecule has 214 valence electrons. The standard InChI is InChI=1S/C26H38N6O7/c1-14(2)22(26(38)39)32-25(37)20(11-15-13-29-18-8-4-3-7-16(15)18)31-24(36)19(9-5-6-10-27)30-23(35)17(28)12-21(33)34/h3-4,7-8,13-14,17,19-20,22,29H,5-6,9-12,27-28H2,1-2H3,(H,30,35)(H,31,36)(H,32,37)(H,33,34)(H,38,39). The summed E-state index contributed by atoms with van der Waals surface area (Å²) in [7, 11) is 0. The third-order valence-electron chi connectivity index (χ3n) is 6.27. The molecule has 0 radical (unpaired) electrons. The Morgan fingerprint density at radius 1 is 0.923 bits per heavy atom. The molecule has 0 fully saturated rings. The van der Waals surface area contributed by atoms with Gasteiger partial charge in [-0.05, 0) is 43.4 Å². The molecule has 13 nitrogen and oxygen atoms in total. The average Bonchev–Trinajstić information content (AvgIpc) is 3.28. The SMILES string of the molecule is CC(C)C(NC(=O)C(Cc1c[nH]c2ccccc12)NC(=O)C(CCCCN)NC(=O)C(N)CC(=O)O)C(=O)O. The van der Waals surface area contributed by atoms with Crippen LogP contribution in [0.3, 0.4) is 0 Å². The molecule has 0 saturated carbocycles. The number of carboxylic acid groups (broad SMARTS) is 2. The van der Waals surface area contributed by atoms with E-state index in [2.05, 4.69) is 20.9 Å². The smallest absolute Gasteiger partial charge is 0.326 e. The predicted octanol–water partition coefficient (Wildman–Crippen LogP) is -0.164. The Kier molecular flexibility index (Phi) is 11.9. The van der Waals surface area contributed by atoms with Gasteiger partial charge in [0.05, 0.1) is 12.5 Å². The molecule has 0 aliphatic carbocycles.